The summed E-state index contributed by atoms with van der Waals surface area (Å²) in [7, 11) is 1.49. The zero-order chi connectivity index (χ0) is 20.2. The molecule has 10 heteroatoms. The van der Waals surface area contributed by atoms with Crippen molar-refractivity contribution < 1.29 is 24.3 Å². The second kappa shape index (κ2) is 7.70. The Morgan fingerprint density at radius 1 is 1.33 bits per heavy atom. The van der Waals surface area contributed by atoms with Crippen molar-refractivity contribution in [3.05, 3.63) is 35.7 Å². The molecule has 0 aliphatic carbocycles. The third-order valence-corrected chi connectivity index (χ3v) is 3.62. The minimum atomic E-state index is -1.86. The fraction of sp³-hybridized carbons (Fsp3) is 0.471. The Morgan fingerprint density at radius 2 is 2.00 bits per heavy atom. The van der Waals surface area contributed by atoms with Crippen LogP contribution in [0.3, 0.4) is 0 Å². The Hall–Kier alpha value is -3.01. The molecular weight excluding hydrogens is 354 g/mol. The highest BCUT2D eigenvalue weighted by molar-refractivity contribution is 5.81. The highest BCUT2D eigenvalue weighted by Crippen LogP contribution is 2.28. The first kappa shape index (κ1) is 20.3. The maximum Gasteiger partial charge on any atom is 0.340 e. The Kier molecular flexibility index (Phi) is 5.79. The van der Waals surface area contributed by atoms with Crippen molar-refractivity contribution in [3.63, 3.8) is 0 Å². The number of carbonyl (C=O) groups is 2. The molecule has 0 bridgehead atoms. The molecule has 1 aliphatic rings. The lowest BCUT2D eigenvalue weighted by Crippen LogP contribution is -2.52. The molecule has 10 nitrogen and oxygen atoms in total. The van der Waals surface area contributed by atoms with Gasteiger partial charge in [0.25, 0.3) is 0 Å². The van der Waals surface area contributed by atoms with Crippen LogP contribution in [-0.4, -0.2) is 48.4 Å². The van der Waals surface area contributed by atoms with Gasteiger partial charge in [0.05, 0.1) is 12.6 Å². The molecule has 1 aromatic carbocycles. The Labute approximate surface area is 156 Å². The van der Waals surface area contributed by atoms with Gasteiger partial charge in [-0.2, -0.15) is 9.86 Å². The number of ether oxygens (including phenoxy) is 1. The van der Waals surface area contributed by atoms with Crippen LogP contribution in [0.5, 0.6) is 5.75 Å². The maximum absolute atomic E-state index is 11.5. The zero-order valence-corrected chi connectivity index (χ0v) is 15.9. The number of nitrogens with zero attached hydrogens (tertiary/aromatic N) is 5. The van der Waals surface area contributed by atoms with Gasteiger partial charge in [0.15, 0.2) is 0 Å². The van der Waals surface area contributed by atoms with Crippen LogP contribution in [0.15, 0.2) is 24.3 Å². The third-order valence-electron chi connectivity index (χ3n) is 3.62. The minimum Gasteiger partial charge on any atom is -0.488 e. The number of carboxylic acids is 1. The van der Waals surface area contributed by atoms with E-state index in [9.17, 15) is 14.7 Å². The summed E-state index contributed by atoms with van der Waals surface area (Å²) in [5.41, 5.74) is -1.28. The smallest absolute Gasteiger partial charge is 0.340 e. The van der Waals surface area contributed by atoms with E-state index in [1.807, 2.05) is 18.2 Å². The third kappa shape index (κ3) is 4.59. The van der Waals surface area contributed by atoms with Crippen LogP contribution in [0.1, 0.15) is 39.1 Å². The standard InChI is InChI=1S/C10H17N5O4.C7H6O/c1-9(2,3)19-15(6-16)10(4,8(17)18)7-11-13-14(5)12-7;1-2-4-7-6(3-1)5-8-7/h6H,1-5H3,(H,17,18);1-4H,5H2. The average molecular weight is 377 g/mol. The number of aryl methyl sites for hydroxylation is 1. The number of para-hydroxylation sites is 1. The first-order valence-corrected chi connectivity index (χ1v) is 8.20. The van der Waals surface area contributed by atoms with Gasteiger partial charge in [0.1, 0.15) is 12.4 Å². The quantitative estimate of drug-likeness (QED) is 0.611. The predicted molar refractivity (Wildman–Crippen MR) is 93.3 cm³/mol. The van der Waals surface area contributed by atoms with Crippen molar-refractivity contribution in [3.8, 4) is 5.75 Å². The molecule has 3 rings (SSSR count). The van der Waals surface area contributed by atoms with Gasteiger partial charge < -0.3 is 9.84 Å². The highest BCUT2D eigenvalue weighted by Gasteiger charge is 2.48. The highest BCUT2D eigenvalue weighted by atomic mass is 16.7. The van der Waals surface area contributed by atoms with Crippen LogP contribution in [0.25, 0.3) is 0 Å². The SMILES string of the molecule is Cn1nnc(C(C)(C(=O)O)N(C=O)OC(C)(C)C)n1.c1ccc2c(c1)CO2. The zero-order valence-electron chi connectivity index (χ0n) is 15.9. The van der Waals surface area contributed by atoms with Gasteiger partial charge in [-0.1, -0.05) is 18.2 Å². The molecule has 146 valence electrons. The molecule has 0 fully saturated rings. The van der Waals surface area contributed by atoms with Gasteiger partial charge >= 0.3 is 5.97 Å². The van der Waals surface area contributed by atoms with Crippen molar-refractivity contribution in [1.82, 2.24) is 25.3 Å². The Balaban J connectivity index is 0.000000266. The van der Waals surface area contributed by atoms with Crippen molar-refractivity contribution in [2.45, 2.75) is 45.4 Å². The van der Waals surface area contributed by atoms with Crippen LogP contribution in [0, 0.1) is 0 Å². The van der Waals surface area contributed by atoms with E-state index in [4.69, 9.17) is 9.57 Å². The van der Waals surface area contributed by atoms with Crippen molar-refractivity contribution in [2.24, 2.45) is 7.05 Å². The fourth-order valence-corrected chi connectivity index (χ4v) is 2.12. The van der Waals surface area contributed by atoms with Gasteiger partial charge in [0, 0.05) is 5.56 Å². The Bertz CT molecular complexity index is 793. The minimum absolute atomic E-state index is 0.140. The summed E-state index contributed by atoms with van der Waals surface area (Å²) in [6, 6.07) is 8.08. The molecule has 2 aromatic rings. The topological polar surface area (TPSA) is 120 Å². The predicted octanol–water partition coefficient (Wildman–Crippen LogP) is 1.28. The van der Waals surface area contributed by atoms with Gasteiger partial charge in [-0.25, -0.2) is 4.79 Å². The number of tetrazole rings is 1. The van der Waals surface area contributed by atoms with Crippen LogP contribution >= 0.6 is 0 Å². The van der Waals surface area contributed by atoms with Gasteiger partial charge in [-0.3, -0.25) is 9.63 Å². The summed E-state index contributed by atoms with van der Waals surface area (Å²) in [6.45, 7) is 7.14. The number of rotatable bonds is 5. The van der Waals surface area contributed by atoms with Gasteiger partial charge in [-0.15, -0.1) is 10.2 Å². The summed E-state index contributed by atoms with van der Waals surface area (Å²) in [5, 5.41) is 21.1. The normalized spacial score (nSPS) is 14.4. The van der Waals surface area contributed by atoms with Crippen molar-refractivity contribution >= 4 is 12.4 Å². The fourth-order valence-electron chi connectivity index (χ4n) is 2.12. The van der Waals surface area contributed by atoms with E-state index in [0.717, 1.165) is 17.2 Å². The van der Waals surface area contributed by atoms with Crippen LogP contribution in [0.2, 0.25) is 0 Å². The molecule has 27 heavy (non-hydrogen) atoms. The van der Waals surface area contributed by atoms with Crippen LogP contribution in [-0.2, 0) is 33.6 Å². The van der Waals surface area contributed by atoms with E-state index < -0.39 is 17.1 Å². The molecule has 2 heterocycles. The van der Waals surface area contributed by atoms with Crippen LogP contribution < -0.4 is 4.74 Å². The first-order chi connectivity index (χ1) is 12.6. The number of amides is 1. The number of carboxylic acid groups (broad SMARTS) is 1. The number of aliphatic carboxylic acids is 1. The molecule has 1 amide bonds. The van der Waals surface area contributed by atoms with Crippen molar-refractivity contribution in [1.29, 1.82) is 0 Å². The lowest BCUT2D eigenvalue weighted by molar-refractivity contribution is -0.257. The Morgan fingerprint density at radius 3 is 2.33 bits per heavy atom. The summed E-state index contributed by atoms with van der Waals surface area (Å²) in [4.78, 5) is 29.1. The molecule has 0 saturated carbocycles. The lowest BCUT2D eigenvalue weighted by atomic mass is 10.0. The average Bonchev–Trinajstić information content (AvgIpc) is 2.99. The van der Waals surface area contributed by atoms with E-state index in [1.165, 1.54) is 19.5 Å². The summed E-state index contributed by atoms with van der Waals surface area (Å²) >= 11 is 0. The summed E-state index contributed by atoms with van der Waals surface area (Å²) < 4.78 is 5.08. The number of hydrogen-bond donors (Lipinski definition) is 1. The molecule has 1 aliphatic heterocycles. The lowest BCUT2D eigenvalue weighted by Gasteiger charge is -2.35. The number of hydrogen-bond acceptors (Lipinski definition) is 7. The van der Waals surface area contributed by atoms with Gasteiger partial charge in [0.2, 0.25) is 17.8 Å². The van der Waals surface area contributed by atoms with E-state index in [1.54, 1.807) is 20.8 Å². The van der Waals surface area contributed by atoms with E-state index in [-0.39, 0.29) is 12.2 Å². The number of aromatic nitrogens is 4. The summed E-state index contributed by atoms with van der Waals surface area (Å²) in [5.74, 6) is -0.414. The molecule has 1 N–H and O–H groups in total. The first-order valence-electron chi connectivity index (χ1n) is 8.20. The van der Waals surface area contributed by atoms with Gasteiger partial charge in [-0.05, 0) is 39.0 Å². The number of benzene rings is 1. The monoisotopic (exact) mass is 377 g/mol. The number of fused-ring (bicyclic) bond motifs is 1. The van der Waals surface area contributed by atoms with Crippen LogP contribution in [0.4, 0.5) is 0 Å². The molecule has 1 aromatic heterocycles. The van der Waals surface area contributed by atoms with E-state index in [2.05, 4.69) is 21.5 Å². The summed E-state index contributed by atoms with van der Waals surface area (Å²) in [6.07, 6.45) is 0.287. The number of carbonyl (C=O) groups excluding carboxylic acids is 1. The largest absolute Gasteiger partial charge is 0.488 e. The second-order valence-corrected chi connectivity index (χ2v) is 7.01. The maximum atomic E-state index is 11.5. The molecule has 1 atom stereocenters. The number of hydroxylamine groups is 2. The van der Waals surface area contributed by atoms with Crippen molar-refractivity contribution in [2.75, 3.05) is 0 Å². The van der Waals surface area contributed by atoms with E-state index >= 15 is 0 Å². The second-order valence-electron chi connectivity index (χ2n) is 7.01. The molecular formula is C17H23N5O5. The molecule has 0 saturated heterocycles. The van der Waals surface area contributed by atoms with E-state index in [0.29, 0.717) is 5.06 Å². The molecule has 1 unspecified atom stereocenters. The molecule has 0 spiro atoms. The molecule has 0 radical (unpaired) electrons.